The zero-order valence-corrected chi connectivity index (χ0v) is 11.2. The molecule has 0 aliphatic rings. The second kappa shape index (κ2) is 4.83. The van der Waals surface area contributed by atoms with E-state index in [1.807, 2.05) is 59.5 Å². The van der Waals surface area contributed by atoms with E-state index in [-0.39, 0.29) is 0 Å². The van der Waals surface area contributed by atoms with Crippen LogP contribution in [0.2, 0.25) is 0 Å². The molecule has 100 valence electrons. The molecule has 0 atom stereocenters. The van der Waals surface area contributed by atoms with E-state index in [2.05, 4.69) is 27.2 Å². The van der Waals surface area contributed by atoms with Crippen molar-refractivity contribution in [2.24, 2.45) is 0 Å². The standard InChI is InChI=1S/C17H12N4/c1-2-5-13(6-3-1)15-12-20-21-16(8-10-19-17(15)21)14-7-4-9-18-11-14/h1-12H. The molecule has 4 aromatic rings. The number of nitrogens with zero attached hydrogens (tertiary/aromatic N) is 4. The zero-order chi connectivity index (χ0) is 14.1. The van der Waals surface area contributed by atoms with Gasteiger partial charge in [0.2, 0.25) is 0 Å². The van der Waals surface area contributed by atoms with Crippen LogP contribution in [-0.4, -0.2) is 19.6 Å². The molecule has 4 heteroatoms. The minimum atomic E-state index is 0.850. The summed E-state index contributed by atoms with van der Waals surface area (Å²) in [4.78, 5) is 8.66. The fourth-order valence-electron chi connectivity index (χ4n) is 2.45. The SMILES string of the molecule is c1ccc(-c2cnn3c(-c4cccnc4)ccnc23)cc1. The Morgan fingerprint density at radius 2 is 1.62 bits per heavy atom. The van der Waals surface area contributed by atoms with Crippen molar-refractivity contribution < 1.29 is 0 Å². The molecule has 0 aliphatic heterocycles. The molecule has 0 radical (unpaired) electrons. The highest BCUT2D eigenvalue weighted by Crippen LogP contribution is 2.26. The van der Waals surface area contributed by atoms with Crippen molar-refractivity contribution in [3.05, 3.63) is 73.3 Å². The normalized spacial score (nSPS) is 10.9. The predicted octanol–water partition coefficient (Wildman–Crippen LogP) is 3.46. The van der Waals surface area contributed by atoms with E-state index in [4.69, 9.17) is 0 Å². The van der Waals surface area contributed by atoms with Crippen LogP contribution in [0, 0.1) is 0 Å². The number of hydrogen-bond donors (Lipinski definition) is 0. The van der Waals surface area contributed by atoms with Crippen molar-refractivity contribution in [1.29, 1.82) is 0 Å². The molecular weight excluding hydrogens is 260 g/mol. The van der Waals surface area contributed by atoms with Gasteiger partial charge in [0.25, 0.3) is 0 Å². The molecule has 0 bridgehead atoms. The topological polar surface area (TPSA) is 43.1 Å². The van der Waals surface area contributed by atoms with Gasteiger partial charge in [-0.25, -0.2) is 9.50 Å². The second-order valence-electron chi connectivity index (χ2n) is 4.73. The Bertz CT molecular complexity index is 882. The van der Waals surface area contributed by atoms with E-state index in [0.717, 1.165) is 28.0 Å². The Labute approximate surface area is 121 Å². The fraction of sp³-hybridized carbons (Fsp3) is 0. The Morgan fingerprint density at radius 3 is 2.43 bits per heavy atom. The largest absolute Gasteiger partial charge is 0.264 e. The van der Waals surface area contributed by atoms with Gasteiger partial charge in [-0.3, -0.25) is 4.98 Å². The van der Waals surface area contributed by atoms with Crippen LogP contribution in [0.4, 0.5) is 0 Å². The van der Waals surface area contributed by atoms with E-state index in [0.29, 0.717) is 0 Å². The van der Waals surface area contributed by atoms with E-state index < -0.39 is 0 Å². The van der Waals surface area contributed by atoms with Gasteiger partial charge in [-0.1, -0.05) is 30.3 Å². The first kappa shape index (κ1) is 11.8. The first-order valence-electron chi connectivity index (χ1n) is 6.72. The minimum absolute atomic E-state index is 0.850. The molecule has 0 spiro atoms. The van der Waals surface area contributed by atoms with Crippen molar-refractivity contribution in [2.75, 3.05) is 0 Å². The van der Waals surface area contributed by atoms with Crippen LogP contribution in [0.25, 0.3) is 28.0 Å². The molecule has 4 rings (SSSR count). The number of pyridine rings is 1. The molecule has 0 saturated heterocycles. The third kappa shape index (κ3) is 1.97. The number of fused-ring (bicyclic) bond motifs is 1. The van der Waals surface area contributed by atoms with Crippen LogP contribution in [0.5, 0.6) is 0 Å². The minimum Gasteiger partial charge on any atom is -0.264 e. The number of aromatic nitrogens is 4. The van der Waals surface area contributed by atoms with Crippen LogP contribution in [0.15, 0.2) is 73.3 Å². The maximum absolute atomic E-state index is 4.50. The van der Waals surface area contributed by atoms with Crippen LogP contribution in [-0.2, 0) is 0 Å². The van der Waals surface area contributed by atoms with Crippen molar-refractivity contribution in [3.8, 4) is 22.4 Å². The van der Waals surface area contributed by atoms with Crippen molar-refractivity contribution in [1.82, 2.24) is 19.6 Å². The first-order chi connectivity index (χ1) is 10.4. The van der Waals surface area contributed by atoms with Crippen LogP contribution >= 0.6 is 0 Å². The van der Waals surface area contributed by atoms with Gasteiger partial charge >= 0.3 is 0 Å². The van der Waals surface area contributed by atoms with Crippen LogP contribution in [0.1, 0.15) is 0 Å². The number of hydrogen-bond acceptors (Lipinski definition) is 3. The Balaban J connectivity index is 1.96. The molecule has 0 amide bonds. The van der Waals surface area contributed by atoms with Crippen molar-refractivity contribution in [3.63, 3.8) is 0 Å². The average Bonchev–Trinajstić information content (AvgIpc) is 3.00. The van der Waals surface area contributed by atoms with Crippen molar-refractivity contribution >= 4 is 5.65 Å². The highest BCUT2D eigenvalue weighted by molar-refractivity contribution is 5.78. The Hall–Kier alpha value is -3.01. The lowest BCUT2D eigenvalue weighted by Crippen LogP contribution is -1.95. The summed E-state index contributed by atoms with van der Waals surface area (Å²) in [5, 5.41) is 4.50. The zero-order valence-electron chi connectivity index (χ0n) is 11.2. The van der Waals surface area contributed by atoms with Gasteiger partial charge in [-0.2, -0.15) is 5.10 Å². The van der Waals surface area contributed by atoms with Gasteiger partial charge in [0, 0.05) is 29.7 Å². The summed E-state index contributed by atoms with van der Waals surface area (Å²) in [5.74, 6) is 0. The quantitative estimate of drug-likeness (QED) is 0.561. The summed E-state index contributed by atoms with van der Waals surface area (Å²) in [6.45, 7) is 0. The summed E-state index contributed by atoms with van der Waals surface area (Å²) in [6, 6.07) is 16.1. The summed E-state index contributed by atoms with van der Waals surface area (Å²) >= 11 is 0. The highest BCUT2D eigenvalue weighted by atomic mass is 15.3. The maximum Gasteiger partial charge on any atom is 0.163 e. The molecule has 3 aromatic heterocycles. The first-order valence-corrected chi connectivity index (χ1v) is 6.72. The lowest BCUT2D eigenvalue weighted by Gasteiger charge is -2.04. The third-order valence-electron chi connectivity index (χ3n) is 3.44. The molecule has 0 saturated carbocycles. The van der Waals surface area contributed by atoms with Gasteiger partial charge < -0.3 is 0 Å². The Morgan fingerprint density at radius 1 is 0.762 bits per heavy atom. The molecule has 0 unspecified atom stereocenters. The smallest absolute Gasteiger partial charge is 0.163 e. The Kier molecular flexibility index (Phi) is 2.71. The molecule has 21 heavy (non-hydrogen) atoms. The molecule has 0 aliphatic carbocycles. The number of benzene rings is 1. The molecule has 4 nitrogen and oxygen atoms in total. The lowest BCUT2D eigenvalue weighted by molar-refractivity contribution is 0.947. The molecule has 3 heterocycles. The monoisotopic (exact) mass is 272 g/mol. The number of rotatable bonds is 2. The fourth-order valence-corrected chi connectivity index (χ4v) is 2.45. The third-order valence-corrected chi connectivity index (χ3v) is 3.44. The van der Waals surface area contributed by atoms with E-state index >= 15 is 0 Å². The molecule has 0 fully saturated rings. The van der Waals surface area contributed by atoms with E-state index in [1.165, 1.54) is 0 Å². The molecule has 1 aromatic carbocycles. The van der Waals surface area contributed by atoms with Gasteiger partial charge in [-0.15, -0.1) is 0 Å². The molecular formula is C17H12N4. The van der Waals surface area contributed by atoms with Gasteiger partial charge in [0.05, 0.1) is 11.9 Å². The molecule has 0 N–H and O–H groups in total. The van der Waals surface area contributed by atoms with Gasteiger partial charge in [0.15, 0.2) is 5.65 Å². The van der Waals surface area contributed by atoms with Gasteiger partial charge in [0.1, 0.15) is 0 Å². The van der Waals surface area contributed by atoms with Gasteiger partial charge in [-0.05, 0) is 23.8 Å². The summed E-state index contributed by atoms with van der Waals surface area (Å²) in [6.07, 6.45) is 7.27. The highest BCUT2D eigenvalue weighted by Gasteiger charge is 2.11. The second-order valence-corrected chi connectivity index (χ2v) is 4.73. The lowest BCUT2D eigenvalue weighted by atomic mass is 10.1. The van der Waals surface area contributed by atoms with Crippen molar-refractivity contribution in [2.45, 2.75) is 0 Å². The average molecular weight is 272 g/mol. The van der Waals surface area contributed by atoms with E-state index in [9.17, 15) is 0 Å². The summed E-state index contributed by atoms with van der Waals surface area (Å²) in [7, 11) is 0. The van der Waals surface area contributed by atoms with Crippen LogP contribution < -0.4 is 0 Å². The van der Waals surface area contributed by atoms with Crippen LogP contribution in [0.3, 0.4) is 0 Å². The summed E-state index contributed by atoms with van der Waals surface area (Å²) < 4.78 is 1.86. The predicted molar refractivity (Wildman–Crippen MR) is 81.7 cm³/mol. The van der Waals surface area contributed by atoms with E-state index in [1.54, 1.807) is 6.20 Å². The maximum atomic E-state index is 4.50. The summed E-state index contributed by atoms with van der Waals surface area (Å²) in [5.41, 5.74) is 5.00.